The Hall–Kier alpha value is -1.32. The van der Waals surface area contributed by atoms with Crippen molar-refractivity contribution in [1.82, 2.24) is 9.55 Å². The van der Waals surface area contributed by atoms with E-state index in [9.17, 15) is 24.6 Å². The molecule has 0 spiro atoms. The average Bonchev–Trinajstić information content (AvgIpc) is 3.00. The lowest BCUT2D eigenvalue weighted by molar-refractivity contribution is -0.343. The van der Waals surface area contributed by atoms with Gasteiger partial charge in [-0.05, 0) is 37.1 Å². The second-order valence-electron chi connectivity index (χ2n) is 5.87. The van der Waals surface area contributed by atoms with E-state index in [1.165, 1.54) is 6.33 Å². The quantitative estimate of drug-likeness (QED) is 0.673. The van der Waals surface area contributed by atoms with Gasteiger partial charge in [0, 0.05) is 0 Å². The van der Waals surface area contributed by atoms with Crippen molar-refractivity contribution in [3.05, 3.63) is 29.6 Å². The maximum absolute atomic E-state index is 10.6. The number of hydrogen-bond donors (Lipinski definition) is 2. The molecule has 10 heteroatoms. The van der Waals surface area contributed by atoms with Crippen LogP contribution in [0.25, 0.3) is 11.0 Å². The molecule has 0 saturated carbocycles. The van der Waals surface area contributed by atoms with Gasteiger partial charge in [-0.25, -0.2) is 4.98 Å². The number of fused-ring (bicyclic) bond motifs is 1. The zero-order chi connectivity index (χ0) is 17.6. The molecule has 3 rings (SSSR count). The van der Waals surface area contributed by atoms with Crippen molar-refractivity contribution < 1.29 is 33.8 Å². The molecular formula is C14H17N2O7P-2. The van der Waals surface area contributed by atoms with E-state index in [-0.39, 0.29) is 0 Å². The maximum atomic E-state index is 10.6. The van der Waals surface area contributed by atoms with Crippen molar-refractivity contribution in [3.63, 3.8) is 0 Å². The summed E-state index contributed by atoms with van der Waals surface area (Å²) in [4.78, 5) is 25.4. The first-order chi connectivity index (χ1) is 11.2. The van der Waals surface area contributed by atoms with Gasteiger partial charge in [0.25, 0.3) is 0 Å². The predicted octanol–water partition coefficient (Wildman–Crippen LogP) is -0.882. The van der Waals surface area contributed by atoms with E-state index >= 15 is 0 Å². The van der Waals surface area contributed by atoms with Crippen LogP contribution in [0.4, 0.5) is 0 Å². The van der Waals surface area contributed by atoms with Gasteiger partial charge in [0.15, 0.2) is 6.23 Å². The van der Waals surface area contributed by atoms with Crippen molar-refractivity contribution in [2.45, 2.75) is 38.4 Å². The molecule has 2 aromatic rings. The Kier molecular flexibility index (Phi) is 4.52. The van der Waals surface area contributed by atoms with Crippen LogP contribution >= 0.6 is 7.82 Å². The topological polar surface area (TPSA) is 140 Å². The summed E-state index contributed by atoms with van der Waals surface area (Å²) >= 11 is 0. The van der Waals surface area contributed by atoms with Gasteiger partial charge in [-0.15, -0.1) is 0 Å². The molecule has 24 heavy (non-hydrogen) atoms. The normalized spacial score (nSPS) is 27.9. The van der Waals surface area contributed by atoms with Crippen molar-refractivity contribution in [2.24, 2.45) is 0 Å². The summed E-state index contributed by atoms with van der Waals surface area (Å²) in [7, 11) is -5.19. The van der Waals surface area contributed by atoms with Gasteiger partial charge in [-0.3, -0.25) is 0 Å². The predicted molar refractivity (Wildman–Crippen MR) is 78.7 cm³/mol. The number of aliphatic hydroxyl groups excluding tert-OH is 2. The Bertz CT molecular complexity index is 802. The van der Waals surface area contributed by atoms with Crippen LogP contribution in [0, 0.1) is 13.8 Å². The van der Waals surface area contributed by atoms with Crippen LogP contribution in [0.2, 0.25) is 0 Å². The van der Waals surface area contributed by atoms with Gasteiger partial charge in [0.05, 0.1) is 31.8 Å². The van der Waals surface area contributed by atoms with Crippen LogP contribution in [0.1, 0.15) is 17.4 Å². The molecule has 9 nitrogen and oxygen atoms in total. The Morgan fingerprint density at radius 1 is 1.29 bits per heavy atom. The van der Waals surface area contributed by atoms with Crippen LogP contribution in [-0.2, 0) is 13.8 Å². The second kappa shape index (κ2) is 6.20. The zero-order valence-electron chi connectivity index (χ0n) is 13.0. The van der Waals surface area contributed by atoms with E-state index in [1.807, 2.05) is 26.0 Å². The number of rotatable bonds is 4. The molecule has 2 heterocycles. The largest absolute Gasteiger partial charge is 0.790 e. The van der Waals surface area contributed by atoms with Gasteiger partial charge in [-0.2, -0.15) is 0 Å². The summed E-state index contributed by atoms with van der Waals surface area (Å²) in [5.74, 6) is 0. The van der Waals surface area contributed by atoms with Crippen molar-refractivity contribution in [2.75, 3.05) is 6.61 Å². The standard InChI is InChI=1S/C14H19N2O7P/c1-7-3-9-10(4-8(7)2)16(6-15-9)14-13(18)12(17)11(23-14)5-22-24(19,20)21/h3-4,6,11-14,17-18H,5H2,1-2H3,(H2,19,20,21)/p-2/t11-,12-,13-,14+/m1/s1. The van der Waals surface area contributed by atoms with Crippen LogP contribution in [0.3, 0.4) is 0 Å². The minimum Gasteiger partial charge on any atom is -0.790 e. The highest BCUT2D eigenvalue weighted by Gasteiger charge is 2.44. The van der Waals surface area contributed by atoms with Gasteiger partial charge in [0.2, 0.25) is 0 Å². The van der Waals surface area contributed by atoms with Crippen molar-refractivity contribution in [3.8, 4) is 0 Å². The van der Waals surface area contributed by atoms with E-state index in [2.05, 4.69) is 9.51 Å². The number of aromatic nitrogens is 2. The van der Waals surface area contributed by atoms with Crippen LogP contribution < -0.4 is 9.79 Å². The first-order valence-corrected chi connectivity index (χ1v) is 8.75. The van der Waals surface area contributed by atoms with E-state index < -0.39 is 39.0 Å². The number of hydrogen-bond acceptors (Lipinski definition) is 8. The summed E-state index contributed by atoms with van der Waals surface area (Å²) in [6, 6.07) is 3.78. The molecule has 1 aliphatic rings. The minimum absolute atomic E-state index is 0.663. The number of aliphatic hydroxyl groups is 2. The molecule has 1 aromatic heterocycles. The van der Waals surface area contributed by atoms with E-state index in [0.29, 0.717) is 11.0 Å². The molecule has 0 bridgehead atoms. The number of nitrogens with zero attached hydrogens (tertiary/aromatic N) is 2. The lowest BCUT2D eigenvalue weighted by Crippen LogP contribution is -2.34. The number of benzene rings is 1. The molecular weight excluding hydrogens is 339 g/mol. The molecule has 0 aliphatic carbocycles. The summed E-state index contributed by atoms with van der Waals surface area (Å²) in [5.41, 5.74) is 3.49. The lowest BCUT2D eigenvalue weighted by Gasteiger charge is -2.30. The minimum atomic E-state index is -5.19. The molecule has 1 aliphatic heterocycles. The third-order valence-electron chi connectivity index (χ3n) is 4.20. The fourth-order valence-corrected chi connectivity index (χ4v) is 3.08. The Labute approximate surface area is 137 Å². The highest BCUT2D eigenvalue weighted by atomic mass is 31.2. The third kappa shape index (κ3) is 3.25. The second-order valence-corrected chi connectivity index (χ2v) is 7.02. The molecule has 0 amide bonds. The zero-order valence-corrected chi connectivity index (χ0v) is 13.9. The summed E-state index contributed by atoms with van der Waals surface area (Å²) < 4.78 is 21.8. The van der Waals surface area contributed by atoms with E-state index in [4.69, 9.17) is 4.74 Å². The summed E-state index contributed by atoms with van der Waals surface area (Å²) in [6.45, 7) is 3.23. The Morgan fingerprint density at radius 2 is 1.96 bits per heavy atom. The van der Waals surface area contributed by atoms with Crippen molar-refractivity contribution in [1.29, 1.82) is 0 Å². The Morgan fingerprint density at radius 3 is 2.62 bits per heavy atom. The van der Waals surface area contributed by atoms with E-state index in [0.717, 1.165) is 11.1 Å². The van der Waals surface area contributed by atoms with Gasteiger partial charge in [0.1, 0.15) is 18.3 Å². The third-order valence-corrected chi connectivity index (χ3v) is 4.66. The molecule has 1 saturated heterocycles. The molecule has 0 unspecified atom stereocenters. The number of imidazole rings is 1. The lowest BCUT2D eigenvalue weighted by atomic mass is 10.1. The van der Waals surface area contributed by atoms with Crippen molar-refractivity contribution >= 4 is 18.9 Å². The maximum Gasteiger partial charge on any atom is 0.164 e. The highest BCUT2D eigenvalue weighted by Crippen LogP contribution is 2.34. The SMILES string of the molecule is Cc1cc2ncn([C@H]3O[C@H](COP(=O)([O-])[O-])[C@@H](O)[C@H]3O)c2cc1C. The van der Waals surface area contributed by atoms with Gasteiger partial charge in [-0.1, -0.05) is 0 Å². The monoisotopic (exact) mass is 356 g/mol. The molecule has 0 radical (unpaired) electrons. The summed E-state index contributed by atoms with van der Waals surface area (Å²) in [5, 5.41) is 20.2. The fraction of sp³-hybridized carbons (Fsp3) is 0.500. The number of phosphoric ester groups is 1. The Balaban J connectivity index is 1.87. The molecule has 4 atom stereocenters. The number of phosphoric acid groups is 1. The van der Waals surface area contributed by atoms with Crippen LogP contribution in [0.15, 0.2) is 18.5 Å². The average molecular weight is 356 g/mol. The number of ether oxygens (including phenoxy) is 1. The van der Waals surface area contributed by atoms with Crippen LogP contribution in [0.5, 0.6) is 0 Å². The fourth-order valence-electron chi connectivity index (χ4n) is 2.75. The number of aryl methyl sites for hydroxylation is 2. The molecule has 1 aromatic carbocycles. The molecule has 2 N–H and O–H groups in total. The van der Waals surface area contributed by atoms with Gasteiger partial charge < -0.3 is 38.4 Å². The first kappa shape index (κ1) is 17.5. The molecule has 1 fully saturated rings. The molecule has 132 valence electrons. The smallest absolute Gasteiger partial charge is 0.164 e. The van der Waals surface area contributed by atoms with Gasteiger partial charge >= 0.3 is 0 Å². The van der Waals surface area contributed by atoms with E-state index in [1.54, 1.807) is 4.57 Å². The summed E-state index contributed by atoms with van der Waals surface area (Å²) in [6.07, 6.45) is -3.37. The first-order valence-electron chi connectivity index (χ1n) is 7.29. The van der Waals surface area contributed by atoms with Crippen LogP contribution in [-0.4, -0.2) is 44.7 Å². The highest BCUT2D eigenvalue weighted by molar-refractivity contribution is 7.43.